The Kier molecular flexibility index (Phi) is 5.76. The van der Waals surface area contributed by atoms with Gasteiger partial charge >= 0.3 is 6.36 Å². The van der Waals surface area contributed by atoms with E-state index in [0.29, 0.717) is 28.1 Å². The molecule has 2 aromatic carbocycles. The maximum Gasteiger partial charge on any atom is 0.573 e. The molecule has 4 rings (SSSR count). The monoisotopic (exact) mass is 457 g/mol. The number of hydrogen-bond donors (Lipinski definition) is 4. The Morgan fingerprint density at radius 3 is 2.18 bits per heavy atom. The van der Waals surface area contributed by atoms with Crippen LogP contribution in [0.3, 0.4) is 0 Å². The largest absolute Gasteiger partial charge is 0.573 e. The number of nitrogens with one attached hydrogen (secondary N) is 2. The molecule has 2 heterocycles. The van der Waals surface area contributed by atoms with Crippen LogP contribution in [0.15, 0.2) is 60.2 Å². The van der Waals surface area contributed by atoms with Crippen molar-refractivity contribution in [2.24, 2.45) is 5.10 Å². The van der Waals surface area contributed by atoms with Gasteiger partial charge < -0.3 is 20.3 Å². The van der Waals surface area contributed by atoms with Crippen LogP contribution in [-0.4, -0.2) is 42.7 Å². The topological polar surface area (TPSA) is 138 Å². The molecule has 0 aliphatic carbocycles. The normalized spacial score (nSPS) is 11.6. The zero-order valence-corrected chi connectivity index (χ0v) is 16.4. The molecular weight excluding hydrogens is 443 g/mol. The molecule has 0 amide bonds. The van der Waals surface area contributed by atoms with Crippen molar-refractivity contribution in [2.75, 3.05) is 10.7 Å². The van der Waals surface area contributed by atoms with Crippen molar-refractivity contribution < 1.29 is 28.1 Å². The van der Waals surface area contributed by atoms with E-state index in [1.165, 1.54) is 43.1 Å². The van der Waals surface area contributed by atoms with Gasteiger partial charge in [0.25, 0.3) is 0 Å². The Bertz CT molecular complexity index is 1310. The van der Waals surface area contributed by atoms with E-state index < -0.39 is 6.36 Å². The first-order valence-electron chi connectivity index (χ1n) is 9.18. The quantitative estimate of drug-likeness (QED) is 0.193. The molecule has 0 fully saturated rings. The second kappa shape index (κ2) is 8.82. The van der Waals surface area contributed by atoms with Gasteiger partial charge in [-0.25, -0.2) is 19.9 Å². The summed E-state index contributed by atoms with van der Waals surface area (Å²) in [5.41, 5.74) is 4.36. The lowest BCUT2D eigenvalue weighted by atomic mass is 10.2. The first-order chi connectivity index (χ1) is 15.8. The fourth-order valence-corrected chi connectivity index (χ4v) is 2.72. The van der Waals surface area contributed by atoms with E-state index in [1.807, 2.05) is 0 Å². The Labute approximate surface area is 183 Å². The summed E-state index contributed by atoms with van der Waals surface area (Å²) in [6.45, 7) is 0. The van der Waals surface area contributed by atoms with Gasteiger partial charge in [0.15, 0.2) is 23.1 Å². The number of benzene rings is 2. The number of ether oxygens (including phenoxy) is 1. The van der Waals surface area contributed by atoms with Gasteiger partial charge in [0.1, 0.15) is 29.4 Å². The molecule has 33 heavy (non-hydrogen) atoms. The van der Waals surface area contributed by atoms with E-state index in [4.69, 9.17) is 0 Å². The summed E-state index contributed by atoms with van der Waals surface area (Å²) in [5, 5.41) is 25.9. The molecule has 0 spiro atoms. The number of alkyl halides is 3. The lowest BCUT2D eigenvalue weighted by Gasteiger charge is -2.11. The van der Waals surface area contributed by atoms with Crippen LogP contribution in [0.5, 0.6) is 17.2 Å². The fourth-order valence-electron chi connectivity index (χ4n) is 2.72. The number of aromatic nitrogens is 4. The van der Waals surface area contributed by atoms with E-state index in [9.17, 15) is 23.4 Å². The standard InChI is InChI=1S/C20H14F3N7O3/c21-20(22,23)33-13-4-2-12(3-5-13)29-18-16-17(25-9-26-18)19(27-10-24-16)30-28-8-11-1-6-14(31)15(32)7-11/h1-10,31-32H,(H,24,27,30)(H,25,26,29)/b28-8+. The number of phenols is 2. The summed E-state index contributed by atoms with van der Waals surface area (Å²) in [6.07, 6.45) is -0.843. The van der Waals surface area contributed by atoms with E-state index in [0.717, 1.165) is 12.1 Å². The average Bonchev–Trinajstić information content (AvgIpc) is 2.77. The summed E-state index contributed by atoms with van der Waals surface area (Å²) in [5.74, 6) is -0.329. The van der Waals surface area contributed by atoms with Gasteiger partial charge in [-0.15, -0.1) is 13.2 Å². The van der Waals surface area contributed by atoms with Crippen molar-refractivity contribution in [1.82, 2.24) is 19.9 Å². The summed E-state index contributed by atoms with van der Waals surface area (Å²) >= 11 is 0. The Morgan fingerprint density at radius 1 is 0.848 bits per heavy atom. The first-order valence-corrected chi connectivity index (χ1v) is 9.18. The molecule has 0 aliphatic rings. The first kappa shape index (κ1) is 21.5. The van der Waals surface area contributed by atoms with Crippen LogP contribution in [0, 0.1) is 0 Å². The zero-order valence-electron chi connectivity index (χ0n) is 16.4. The highest BCUT2D eigenvalue weighted by molar-refractivity contribution is 5.93. The summed E-state index contributed by atoms with van der Waals surface area (Å²) < 4.78 is 40.8. The predicted molar refractivity (Wildman–Crippen MR) is 113 cm³/mol. The number of phenolic OH excluding ortho intramolecular Hbond substituents is 2. The molecule has 10 nitrogen and oxygen atoms in total. The van der Waals surface area contributed by atoms with Crippen molar-refractivity contribution in [3.63, 3.8) is 0 Å². The van der Waals surface area contributed by atoms with Crippen LogP contribution in [0.25, 0.3) is 11.0 Å². The smallest absolute Gasteiger partial charge is 0.504 e. The number of hydrazone groups is 1. The lowest BCUT2D eigenvalue weighted by Crippen LogP contribution is -2.16. The zero-order chi connectivity index (χ0) is 23.4. The third kappa shape index (κ3) is 5.33. The maximum atomic E-state index is 12.3. The molecule has 0 bridgehead atoms. The summed E-state index contributed by atoms with van der Waals surface area (Å²) in [6, 6.07) is 9.32. The second-order valence-corrected chi connectivity index (χ2v) is 6.46. The molecule has 4 N–H and O–H groups in total. The molecule has 0 unspecified atom stereocenters. The Balaban J connectivity index is 1.53. The minimum absolute atomic E-state index is 0.249. The van der Waals surface area contributed by atoms with E-state index in [-0.39, 0.29) is 23.1 Å². The number of aromatic hydroxyl groups is 2. The molecule has 0 saturated heterocycles. The van der Waals surface area contributed by atoms with Crippen molar-refractivity contribution in [3.05, 3.63) is 60.7 Å². The van der Waals surface area contributed by atoms with Crippen molar-refractivity contribution >= 4 is 34.6 Å². The van der Waals surface area contributed by atoms with Crippen LogP contribution in [0.4, 0.5) is 30.5 Å². The van der Waals surface area contributed by atoms with Crippen molar-refractivity contribution in [3.8, 4) is 17.2 Å². The van der Waals surface area contributed by atoms with Crippen LogP contribution in [-0.2, 0) is 0 Å². The Morgan fingerprint density at radius 2 is 1.52 bits per heavy atom. The minimum Gasteiger partial charge on any atom is -0.504 e. The minimum atomic E-state index is -4.77. The van der Waals surface area contributed by atoms with Crippen molar-refractivity contribution in [2.45, 2.75) is 6.36 Å². The molecule has 2 aromatic heterocycles. The molecule has 13 heteroatoms. The molecule has 0 saturated carbocycles. The number of hydrogen-bond acceptors (Lipinski definition) is 10. The molecule has 4 aromatic rings. The van der Waals surface area contributed by atoms with E-state index in [2.05, 4.69) is 40.5 Å². The van der Waals surface area contributed by atoms with Gasteiger partial charge in [-0.3, -0.25) is 5.43 Å². The fraction of sp³-hybridized carbons (Fsp3) is 0.0500. The summed E-state index contributed by atoms with van der Waals surface area (Å²) in [7, 11) is 0. The van der Waals surface area contributed by atoms with Crippen LogP contribution >= 0.6 is 0 Å². The van der Waals surface area contributed by atoms with Crippen LogP contribution in [0.1, 0.15) is 5.56 Å². The van der Waals surface area contributed by atoms with Gasteiger partial charge in [0.2, 0.25) is 0 Å². The molecule has 0 atom stereocenters. The molecular formula is C20H14F3N7O3. The van der Waals surface area contributed by atoms with Crippen LogP contribution in [0.2, 0.25) is 0 Å². The van der Waals surface area contributed by atoms with Crippen molar-refractivity contribution in [1.29, 1.82) is 0 Å². The average molecular weight is 457 g/mol. The van der Waals surface area contributed by atoms with Gasteiger partial charge in [0, 0.05) is 5.69 Å². The number of rotatable bonds is 6. The summed E-state index contributed by atoms with van der Waals surface area (Å²) in [4.78, 5) is 16.6. The van der Waals surface area contributed by atoms with Crippen LogP contribution < -0.4 is 15.5 Å². The third-order valence-electron chi connectivity index (χ3n) is 4.15. The van der Waals surface area contributed by atoms with E-state index in [1.54, 1.807) is 6.07 Å². The Hall–Kier alpha value is -4.68. The second-order valence-electron chi connectivity index (χ2n) is 6.46. The highest BCUT2D eigenvalue weighted by Gasteiger charge is 2.30. The third-order valence-corrected chi connectivity index (χ3v) is 4.15. The number of fused-ring (bicyclic) bond motifs is 1. The number of nitrogens with zero attached hydrogens (tertiary/aromatic N) is 5. The van der Waals surface area contributed by atoms with E-state index >= 15 is 0 Å². The predicted octanol–water partition coefficient (Wildman–Crippen LogP) is 3.92. The number of anilines is 3. The highest BCUT2D eigenvalue weighted by atomic mass is 19.4. The molecule has 168 valence electrons. The van der Waals surface area contributed by atoms with Gasteiger partial charge in [-0.05, 0) is 48.0 Å². The number of halogens is 3. The highest BCUT2D eigenvalue weighted by Crippen LogP contribution is 2.28. The molecule has 0 radical (unpaired) electrons. The van der Waals surface area contributed by atoms with Gasteiger partial charge in [-0.2, -0.15) is 5.10 Å². The maximum absolute atomic E-state index is 12.3. The lowest BCUT2D eigenvalue weighted by molar-refractivity contribution is -0.274. The molecule has 0 aliphatic heterocycles. The SMILES string of the molecule is Oc1ccc(/C=N/Nc2ncnc3c(Nc4ccc(OC(F)(F)F)cc4)ncnc23)cc1O. The van der Waals surface area contributed by atoms with Gasteiger partial charge in [0.05, 0.1) is 6.21 Å². The van der Waals surface area contributed by atoms with Gasteiger partial charge in [-0.1, -0.05) is 0 Å².